The molecule has 0 saturated heterocycles. The molecular weight excluding hydrogens is 281 g/mol. The van der Waals surface area contributed by atoms with Crippen molar-refractivity contribution >= 4 is 17.6 Å². The van der Waals surface area contributed by atoms with Crippen LogP contribution in [0.5, 0.6) is 0 Å². The van der Waals surface area contributed by atoms with Crippen molar-refractivity contribution < 1.29 is 9.18 Å². The molecule has 22 heavy (non-hydrogen) atoms. The van der Waals surface area contributed by atoms with E-state index in [0.29, 0.717) is 11.1 Å². The number of carbonyl (C=O) groups excluding carboxylic acids is 1. The number of Topliss-reactive ketones (excluding diaryl/α,β-unsaturated/α-hetero) is 1. The molecule has 112 valence electrons. The van der Waals surface area contributed by atoms with Crippen LogP contribution in [-0.4, -0.2) is 36.1 Å². The molecule has 0 N–H and O–H groups in total. The average Bonchev–Trinajstić information content (AvgIpc) is 2.52. The van der Waals surface area contributed by atoms with Crippen LogP contribution in [0.3, 0.4) is 0 Å². The Bertz CT molecular complexity index is 692. The molecule has 0 atom stereocenters. The van der Waals surface area contributed by atoms with Crippen molar-refractivity contribution in [2.75, 3.05) is 14.1 Å². The van der Waals surface area contributed by atoms with Gasteiger partial charge in [0.2, 0.25) is 0 Å². The number of carbonyl (C=O) groups is 1. The van der Waals surface area contributed by atoms with Gasteiger partial charge in [0.1, 0.15) is 5.82 Å². The van der Waals surface area contributed by atoms with Gasteiger partial charge in [-0.05, 0) is 48.0 Å². The molecule has 1 aromatic heterocycles. The van der Waals surface area contributed by atoms with E-state index >= 15 is 0 Å². The van der Waals surface area contributed by atoms with Crippen LogP contribution in [0.4, 0.5) is 4.39 Å². The molecule has 0 aliphatic carbocycles. The predicted molar refractivity (Wildman–Crippen MR) is 85.1 cm³/mol. The van der Waals surface area contributed by atoms with Gasteiger partial charge in [-0.2, -0.15) is 5.10 Å². The van der Waals surface area contributed by atoms with Crippen LogP contribution in [0, 0.1) is 5.82 Å². The van der Waals surface area contributed by atoms with E-state index in [9.17, 15) is 9.18 Å². The Labute approximate surface area is 128 Å². The molecule has 1 aromatic carbocycles. The number of pyridine rings is 1. The first-order valence-electron chi connectivity index (χ1n) is 6.70. The minimum Gasteiger partial charge on any atom is -0.303 e. The lowest BCUT2D eigenvalue weighted by Gasteiger charge is -2.07. The molecule has 0 radical (unpaired) electrons. The van der Waals surface area contributed by atoms with Crippen LogP contribution in [0.1, 0.15) is 15.9 Å². The predicted octanol–water partition coefficient (Wildman–Crippen LogP) is 3.03. The van der Waals surface area contributed by atoms with Gasteiger partial charge >= 0.3 is 0 Å². The second kappa shape index (κ2) is 7.26. The second-order valence-electron chi connectivity index (χ2n) is 4.76. The summed E-state index contributed by atoms with van der Waals surface area (Å²) in [5, 5.41) is 5.71. The van der Waals surface area contributed by atoms with Crippen molar-refractivity contribution in [2.45, 2.75) is 0 Å². The number of allylic oxidation sites excluding steroid dienone is 2. The van der Waals surface area contributed by atoms with Gasteiger partial charge in [-0.25, -0.2) is 4.39 Å². The third-order valence-electron chi connectivity index (χ3n) is 2.88. The Hall–Kier alpha value is -2.82. The number of hydrazone groups is 1. The first kappa shape index (κ1) is 15.6. The summed E-state index contributed by atoms with van der Waals surface area (Å²) in [6, 6.07) is 8.97. The summed E-state index contributed by atoms with van der Waals surface area (Å²) in [7, 11) is 3.58. The zero-order chi connectivity index (χ0) is 15.9. The molecular formula is C17H16FN3O. The third-order valence-corrected chi connectivity index (χ3v) is 2.88. The highest BCUT2D eigenvalue weighted by atomic mass is 19.1. The maximum Gasteiger partial charge on any atom is 0.193 e. The van der Waals surface area contributed by atoms with Crippen LogP contribution in [-0.2, 0) is 0 Å². The zero-order valence-electron chi connectivity index (χ0n) is 12.4. The van der Waals surface area contributed by atoms with E-state index in [2.05, 4.69) is 10.1 Å². The van der Waals surface area contributed by atoms with E-state index in [1.54, 1.807) is 55.9 Å². The molecule has 2 aromatic rings. The number of ketones is 1. The van der Waals surface area contributed by atoms with Gasteiger partial charge in [-0.15, -0.1) is 0 Å². The lowest BCUT2D eigenvalue weighted by molar-refractivity contribution is 0.105. The molecule has 1 heterocycles. The summed E-state index contributed by atoms with van der Waals surface area (Å²) in [5.41, 5.74) is 1.62. The molecule has 2 rings (SSSR count). The van der Waals surface area contributed by atoms with Crippen molar-refractivity contribution in [3.8, 4) is 0 Å². The van der Waals surface area contributed by atoms with Crippen molar-refractivity contribution in [3.63, 3.8) is 0 Å². The SMILES string of the molecule is CN(C)/N=C/C=C(/C(=O)c1ccc(F)cc1)c1ccncc1. The summed E-state index contributed by atoms with van der Waals surface area (Å²) in [5.74, 6) is -0.573. The van der Waals surface area contributed by atoms with E-state index in [-0.39, 0.29) is 11.6 Å². The van der Waals surface area contributed by atoms with Gasteiger partial charge in [0.25, 0.3) is 0 Å². The van der Waals surface area contributed by atoms with Crippen molar-refractivity contribution in [2.24, 2.45) is 5.10 Å². The normalized spacial score (nSPS) is 11.7. The van der Waals surface area contributed by atoms with Crippen LogP contribution < -0.4 is 0 Å². The Morgan fingerprint density at radius 3 is 2.32 bits per heavy atom. The maximum absolute atomic E-state index is 13.0. The van der Waals surface area contributed by atoms with Gasteiger partial charge in [0.15, 0.2) is 5.78 Å². The summed E-state index contributed by atoms with van der Waals surface area (Å²) >= 11 is 0. The Morgan fingerprint density at radius 2 is 1.73 bits per heavy atom. The lowest BCUT2D eigenvalue weighted by atomic mass is 9.97. The van der Waals surface area contributed by atoms with Crippen LogP contribution >= 0.6 is 0 Å². The van der Waals surface area contributed by atoms with E-state index in [0.717, 1.165) is 5.56 Å². The van der Waals surface area contributed by atoms with Gasteiger partial charge in [0.05, 0.1) is 0 Å². The van der Waals surface area contributed by atoms with Crippen LogP contribution in [0.15, 0.2) is 60.0 Å². The topological polar surface area (TPSA) is 45.6 Å². The number of nitrogens with zero attached hydrogens (tertiary/aromatic N) is 3. The number of hydrogen-bond donors (Lipinski definition) is 0. The minimum absolute atomic E-state index is 0.198. The Morgan fingerprint density at radius 1 is 1.09 bits per heavy atom. The zero-order valence-corrected chi connectivity index (χ0v) is 12.4. The molecule has 0 bridgehead atoms. The van der Waals surface area contributed by atoms with E-state index in [1.165, 1.54) is 24.3 Å². The molecule has 5 heteroatoms. The summed E-state index contributed by atoms with van der Waals surface area (Å²) in [6.45, 7) is 0. The minimum atomic E-state index is -0.375. The van der Waals surface area contributed by atoms with Gasteiger partial charge in [-0.3, -0.25) is 9.78 Å². The highest BCUT2D eigenvalue weighted by Gasteiger charge is 2.14. The number of hydrogen-bond acceptors (Lipinski definition) is 4. The molecule has 0 aliphatic rings. The van der Waals surface area contributed by atoms with Crippen LogP contribution in [0.2, 0.25) is 0 Å². The number of halogens is 1. The molecule has 0 spiro atoms. The quantitative estimate of drug-likeness (QED) is 0.369. The Balaban J connectivity index is 2.40. The fourth-order valence-electron chi connectivity index (χ4n) is 1.83. The summed E-state index contributed by atoms with van der Waals surface area (Å²) in [6.07, 6.45) is 6.42. The first-order chi connectivity index (χ1) is 10.6. The smallest absolute Gasteiger partial charge is 0.193 e. The molecule has 4 nitrogen and oxygen atoms in total. The van der Waals surface area contributed by atoms with E-state index in [4.69, 9.17) is 0 Å². The number of aromatic nitrogens is 1. The highest BCUT2D eigenvalue weighted by Crippen LogP contribution is 2.19. The second-order valence-corrected chi connectivity index (χ2v) is 4.76. The maximum atomic E-state index is 13.0. The molecule has 0 unspecified atom stereocenters. The third kappa shape index (κ3) is 4.09. The van der Waals surface area contributed by atoms with Gasteiger partial charge < -0.3 is 5.01 Å². The lowest BCUT2D eigenvalue weighted by Crippen LogP contribution is -2.05. The van der Waals surface area contributed by atoms with Crippen molar-refractivity contribution in [3.05, 3.63) is 71.8 Å². The van der Waals surface area contributed by atoms with Crippen molar-refractivity contribution in [1.82, 2.24) is 9.99 Å². The number of benzene rings is 1. The van der Waals surface area contributed by atoms with Gasteiger partial charge in [-0.1, -0.05) is 0 Å². The molecule has 0 fully saturated rings. The fraction of sp³-hybridized carbons (Fsp3) is 0.118. The molecule has 0 amide bonds. The van der Waals surface area contributed by atoms with Crippen LogP contribution in [0.25, 0.3) is 5.57 Å². The largest absolute Gasteiger partial charge is 0.303 e. The standard InChI is InChI=1S/C17H16FN3O/c1-21(2)20-12-9-16(13-7-10-19-11-8-13)17(22)14-3-5-15(18)6-4-14/h3-12H,1-2H3/b16-9+,20-12+. The van der Waals surface area contributed by atoms with Crippen molar-refractivity contribution in [1.29, 1.82) is 0 Å². The highest BCUT2D eigenvalue weighted by molar-refractivity contribution is 6.30. The summed E-state index contributed by atoms with van der Waals surface area (Å²) < 4.78 is 13.0. The number of rotatable bonds is 5. The fourth-order valence-corrected chi connectivity index (χ4v) is 1.83. The molecule has 0 aliphatic heterocycles. The summed E-state index contributed by atoms with van der Waals surface area (Å²) in [4.78, 5) is 16.6. The van der Waals surface area contributed by atoms with Gasteiger partial charge in [0, 0.05) is 43.8 Å². The monoisotopic (exact) mass is 297 g/mol. The Kier molecular flexibility index (Phi) is 5.14. The van der Waals surface area contributed by atoms with E-state index < -0.39 is 0 Å². The molecule has 0 saturated carbocycles. The first-order valence-corrected chi connectivity index (χ1v) is 6.70. The van der Waals surface area contributed by atoms with E-state index in [1.807, 2.05) is 0 Å². The average molecular weight is 297 g/mol.